The number of amides is 1. The number of piperazine rings is 1. The molecule has 104 valence electrons. The number of carbonyl (C=O) groups excluding carboxylic acids is 1. The summed E-state index contributed by atoms with van der Waals surface area (Å²) in [4.78, 5) is 16.2. The number of hydrogen-bond acceptors (Lipinski definition) is 3. The topological polar surface area (TPSA) is 32.8 Å². The predicted octanol–water partition coefficient (Wildman–Crippen LogP) is 1.23. The first-order valence-electron chi connectivity index (χ1n) is 6.47. The van der Waals surface area contributed by atoms with Gasteiger partial charge in [-0.05, 0) is 18.2 Å². The second-order valence-electron chi connectivity index (χ2n) is 4.64. The second kappa shape index (κ2) is 6.63. The maximum Gasteiger partial charge on any atom is 0.254 e. The van der Waals surface area contributed by atoms with E-state index in [2.05, 4.69) is 4.90 Å². The maximum absolute atomic E-state index is 13.1. The molecular formula is C14H19FN2O2. The molecule has 0 radical (unpaired) electrons. The van der Waals surface area contributed by atoms with Crippen molar-refractivity contribution >= 4 is 5.91 Å². The Hall–Kier alpha value is -1.46. The van der Waals surface area contributed by atoms with E-state index in [-0.39, 0.29) is 11.7 Å². The van der Waals surface area contributed by atoms with Crippen LogP contribution in [0.3, 0.4) is 0 Å². The molecule has 1 aliphatic heterocycles. The minimum atomic E-state index is -0.371. The minimum absolute atomic E-state index is 0.0918. The third kappa shape index (κ3) is 3.75. The molecule has 1 saturated heterocycles. The number of rotatable bonds is 4. The van der Waals surface area contributed by atoms with E-state index in [0.717, 1.165) is 19.6 Å². The number of methoxy groups -OCH3 is 1. The van der Waals surface area contributed by atoms with Gasteiger partial charge >= 0.3 is 0 Å². The summed E-state index contributed by atoms with van der Waals surface area (Å²) in [7, 11) is 1.68. The fourth-order valence-corrected chi connectivity index (χ4v) is 2.20. The first-order chi connectivity index (χ1) is 9.20. The van der Waals surface area contributed by atoms with Crippen LogP contribution in [-0.4, -0.2) is 62.1 Å². The molecule has 0 unspecified atom stereocenters. The summed E-state index contributed by atoms with van der Waals surface area (Å²) in [5.41, 5.74) is 0.422. The van der Waals surface area contributed by atoms with Crippen LogP contribution in [0.4, 0.5) is 4.39 Å². The van der Waals surface area contributed by atoms with E-state index in [1.165, 1.54) is 12.1 Å². The van der Waals surface area contributed by atoms with E-state index in [1.807, 2.05) is 0 Å². The number of carbonyl (C=O) groups is 1. The molecule has 1 fully saturated rings. The van der Waals surface area contributed by atoms with Gasteiger partial charge in [-0.2, -0.15) is 0 Å². The third-order valence-corrected chi connectivity index (χ3v) is 3.34. The van der Waals surface area contributed by atoms with E-state index in [1.54, 1.807) is 24.1 Å². The molecule has 0 N–H and O–H groups in total. The first kappa shape index (κ1) is 14.0. The molecule has 1 amide bonds. The summed E-state index contributed by atoms with van der Waals surface area (Å²) in [5, 5.41) is 0. The van der Waals surface area contributed by atoms with Crippen LogP contribution in [0.15, 0.2) is 24.3 Å². The quantitative estimate of drug-likeness (QED) is 0.821. The molecule has 0 spiro atoms. The fraction of sp³-hybridized carbons (Fsp3) is 0.500. The lowest BCUT2D eigenvalue weighted by atomic mass is 10.2. The highest BCUT2D eigenvalue weighted by Crippen LogP contribution is 2.10. The fourth-order valence-electron chi connectivity index (χ4n) is 2.20. The van der Waals surface area contributed by atoms with Gasteiger partial charge in [-0.25, -0.2) is 4.39 Å². The molecule has 19 heavy (non-hydrogen) atoms. The van der Waals surface area contributed by atoms with Gasteiger partial charge in [0.2, 0.25) is 0 Å². The number of hydrogen-bond donors (Lipinski definition) is 0. The lowest BCUT2D eigenvalue weighted by Gasteiger charge is -2.34. The van der Waals surface area contributed by atoms with Gasteiger partial charge in [0.15, 0.2) is 0 Å². The monoisotopic (exact) mass is 266 g/mol. The predicted molar refractivity (Wildman–Crippen MR) is 70.6 cm³/mol. The smallest absolute Gasteiger partial charge is 0.254 e. The number of nitrogens with zero attached hydrogens (tertiary/aromatic N) is 2. The van der Waals surface area contributed by atoms with Gasteiger partial charge in [0, 0.05) is 45.4 Å². The Morgan fingerprint density at radius 3 is 2.68 bits per heavy atom. The molecule has 1 aromatic carbocycles. The van der Waals surface area contributed by atoms with Gasteiger partial charge in [0.1, 0.15) is 5.82 Å². The number of benzene rings is 1. The van der Waals surface area contributed by atoms with Crippen molar-refractivity contribution < 1.29 is 13.9 Å². The van der Waals surface area contributed by atoms with Crippen LogP contribution < -0.4 is 0 Å². The van der Waals surface area contributed by atoms with Crippen molar-refractivity contribution in [2.45, 2.75) is 0 Å². The van der Waals surface area contributed by atoms with Crippen molar-refractivity contribution in [1.29, 1.82) is 0 Å². The van der Waals surface area contributed by atoms with Crippen LogP contribution in [0.2, 0.25) is 0 Å². The Bertz CT molecular complexity index is 431. The summed E-state index contributed by atoms with van der Waals surface area (Å²) in [5.74, 6) is -0.463. The molecule has 1 aromatic rings. The average Bonchev–Trinajstić information content (AvgIpc) is 2.45. The van der Waals surface area contributed by atoms with E-state index in [4.69, 9.17) is 4.74 Å². The van der Waals surface area contributed by atoms with Crippen molar-refractivity contribution in [3.63, 3.8) is 0 Å². The first-order valence-corrected chi connectivity index (χ1v) is 6.47. The maximum atomic E-state index is 13.1. The molecular weight excluding hydrogens is 247 g/mol. The van der Waals surface area contributed by atoms with E-state index >= 15 is 0 Å². The number of ether oxygens (including phenoxy) is 1. The van der Waals surface area contributed by atoms with Crippen molar-refractivity contribution in [3.05, 3.63) is 35.6 Å². The zero-order valence-corrected chi connectivity index (χ0v) is 11.1. The van der Waals surface area contributed by atoms with E-state index < -0.39 is 0 Å². The highest BCUT2D eigenvalue weighted by molar-refractivity contribution is 5.94. The van der Waals surface area contributed by atoms with Gasteiger partial charge in [-0.1, -0.05) is 6.07 Å². The molecule has 1 heterocycles. The van der Waals surface area contributed by atoms with Crippen LogP contribution in [0.1, 0.15) is 10.4 Å². The minimum Gasteiger partial charge on any atom is -0.383 e. The molecule has 4 nitrogen and oxygen atoms in total. The Morgan fingerprint density at radius 2 is 2.05 bits per heavy atom. The van der Waals surface area contributed by atoms with Crippen molar-refractivity contribution in [1.82, 2.24) is 9.80 Å². The Balaban J connectivity index is 1.89. The second-order valence-corrected chi connectivity index (χ2v) is 4.64. The van der Waals surface area contributed by atoms with E-state index in [0.29, 0.717) is 25.3 Å². The molecule has 0 aliphatic carbocycles. The van der Waals surface area contributed by atoms with Crippen LogP contribution in [0.5, 0.6) is 0 Å². The lowest BCUT2D eigenvalue weighted by molar-refractivity contribution is 0.0594. The van der Waals surface area contributed by atoms with Crippen molar-refractivity contribution in [2.75, 3.05) is 46.4 Å². The summed E-state index contributed by atoms with van der Waals surface area (Å²) < 4.78 is 18.1. The van der Waals surface area contributed by atoms with Crippen molar-refractivity contribution in [3.8, 4) is 0 Å². The summed E-state index contributed by atoms with van der Waals surface area (Å²) >= 11 is 0. The highest BCUT2D eigenvalue weighted by atomic mass is 19.1. The van der Waals surface area contributed by atoms with Crippen LogP contribution in [0.25, 0.3) is 0 Å². The summed E-state index contributed by atoms with van der Waals surface area (Å²) in [6.07, 6.45) is 0. The van der Waals surface area contributed by atoms with Gasteiger partial charge in [-0.15, -0.1) is 0 Å². The SMILES string of the molecule is COCCN1CCN(C(=O)c2cccc(F)c2)CC1. The largest absolute Gasteiger partial charge is 0.383 e. The van der Waals surface area contributed by atoms with Gasteiger partial charge in [-0.3, -0.25) is 9.69 Å². The molecule has 0 aromatic heterocycles. The Labute approximate surface area is 112 Å². The summed E-state index contributed by atoms with van der Waals surface area (Å²) in [6.45, 7) is 4.63. The molecule has 0 atom stereocenters. The standard InChI is InChI=1S/C14H19FN2O2/c1-19-10-9-16-5-7-17(8-6-16)14(18)12-3-2-4-13(15)11-12/h2-4,11H,5-10H2,1H3. The Kier molecular flexibility index (Phi) is 4.87. The lowest BCUT2D eigenvalue weighted by Crippen LogP contribution is -2.49. The highest BCUT2D eigenvalue weighted by Gasteiger charge is 2.21. The van der Waals surface area contributed by atoms with E-state index in [9.17, 15) is 9.18 Å². The normalized spacial score (nSPS) is 16.6. The zero-order valence-electron chi connectivity index (χ0n) is 11.1. The molecule has 0 bridgehead atoms. The number of halogens is 1. The molecule has 1 aliphatic rings. The molecule has 5 heteroatoms. The molecule has 2 rings (SSSR count). The van der Waals surface area contributed by atoms with Gasteiger partial charge in [0.25, 0.3) is 5.91 Å². The van der Waals surface area contributed by atoms with Crippen LogP contribution in [-0.2, 0) is 4.74 Å². The van der Waals surface area contributed by atoms with Gasteiger partial charge in [0.05, 0.1) is 6.61 Å². The molecule has 0 saturated carbocycles. The zero-order chi connectivity index (χ0) is 13.7. The summed E-state index contributed by atoms with van der Waals surface area (Å²) in [6, 6.07) is 5.86. The van der Waals surface area contributed by atoms with Gasteiger partial charge < -0.3 is 9.64 Å². The average molecular weight is 266 g/mol. The van der Waals surface area contributed by atoms with Crippen LogP contribution in [0, 0.1) is 5.82 Å². The van der Waals surface area contributed by atoms with Crippen molar-refractivity contribution in [2.24, 2.45) is 0 Å². The Morgan fingerprint density at radius 1 is 1.32 bits per heavy atom. The van der Waals surface area contributed by atoms with Crippen LogP contribution >= 0.6 is 0 Å². The third-order valence-electron chi connectivity index (χ3n) is 3.34.